The molecule has 0 spiro atoms. The molecule has 1 aliphatic rings. The van der Waals surface area contributed by atoms with E-state index in [1.54, 1.807) is 18.2 Å². The summed E-state index contributed by atoms with van der Waals surface area (Å²) < 4.78 is 0. The third kappa shape index (κ3) is 3.44. The Hall–Kier alpha value is -1.26. The average molecular weight is 296 g/mol. The number of anilines is 1. The molecule has 0 unspecified atom stereocenters. The van der Waals surface area contributed by atoms with E-state index in [0.29, 0.717) is 22.2 Å². The van der Waals surface area contributed by atoms with E-state index in [1.807, 2.05) is 4.90 Å². The van der Waals surface area contributed by atoms with Crippen LogP contribution in [0, 0.1) is 5.92 Å². The van der Waals surface area contributed by atoms with Crippen molar-refractivity contribution in [2.24, 2.45) is 5.92 Å². The zero-order valence-electron chi connectivity index (χ0n) is 12.1. The van der Waals surface area contributed by atoms with Gasteiger partial charge >= 0.3 is 0 Å². The van der Waals surface area contributed by atoms with Crippen LogP contribution in [0.1, 0.15) is 23.2 Å². The lowest BCUT2D eigenvalue weighted by Crippen LogP contribution is -2.41. The maximum atomic E-state index is 12.5. The van der Waals surface area contributed by atoms with Crippen LogP contribution >= 0.6 is 11.6 Å². The molecule has 0 bridgehead atoms. The minimum Gasteiger partial charge on any atom is -0.398 e. The fraction of sp³-hybridized carbons (Fsp3) is 0.533. The van der Waals surface area contributed by atoms with Crippen LogP contribution in [0.3, 0.4) is 0 Å². The van der Waals surface area contributed by atoms with Gasteiger partial charge in [0.1, 0.15) is 0 Å². The molecule has 0 aromatic heterocycles. The molecular formula is C15H22ClN3O. The number of amides is 1. The zero-order valence-corrected chi connectivity index (χ0v) is 12.9. The molecule has 5 heteroatoms. The Bertz CT molecular complexity index is 462. The first kappa shape index (κ1) is 15.1. The molecule has 1 saturated heterocycles. The average Bonchev–Trinajstić information content (AvgIpc) is 2.38. The van der Waals surface area contributed by atoms with Crippen LogP contribution in [0.4, 0.5) is 5.69 Å². The van der Waals surface area contributed by atoms with Crippen LogP contribution in [0.2, 0.25) is 5.02 Å². The fourth-order valence-electron chi connectivity index (χ4n) is 2.76. The van der Waals surface area contributed by atoms with E-state index >= 15 is 0 Å². The van der Waals surface area contributed by atoms with Crippen molar-refractivity contribution in [2.45, 2.75) is 12.8 Å². The molecule has 20 heavy (non-hydrogen) atoms. The Kier molecular flexibility index (Phi) is 4.89. The third-order valence-corrected chi connectivity index (χ3v) is 4.10. The number of halogens is 1. The number of nitrogen functional groups attached to an aromatic ring is 1. The van der Waals surface area contributed by atoms with Gasteiger partial charge in [0.05, 0.1) is 10.6 Å². The van der Waals surface area contributed by atoms with Crippen LogP contribution in [0.5, 0.6) is 0 Å². The highest BCUT2D eigenvalue weighted by Crippen LogP contribution is 2.26. The van der Waals surface area contributed by atoms with Gasteiger partial charge in [-0.15, -0.1) is 0 Å². The maximum Gasteiger partial charge on any atom is 0.257 e. The van der Waals surface area contributed by atoms with E-state index in [2.05, 4.69) is 19.0 Å². The van der Waals surface area contributed by atoms with Crippen molar-refractivity contribution in [3.63, 3.8) is 0 Å². The van der Waals surface area contributed by atoms with Gasteiger partial charge in [-0.25, -0.2) is 0 Å². The summed E-state index contributed by atoms with van der Waals surface area (Å²) in [6.45, 7) is 2.64. The van der Waals surface area contributed by atoms with Crippen LogP contribution < -0.4 is 5.73 Å². The number of nitrogens with zero attached hydrogens (tertiary/aromatic N) is 2. The first-order chi connectivity index (χ1) is 9.49. The van der Waals surface area contributed by atoms with Crippen molar-refractivity contribution in [2.75, 3.05) is 39.5 Å². The third-order valence-electron chi connectivity index (χ3n) is 3.78. The van der Waals surface area contributed by atoms with E-state index < -0.39 is 0 Å². The number of carbonyl (C=O) groups excluding carboxylic acids is 1. The molecule has 0 saturated carbocycles. The molecule has 1 fully saturated rings. The lowest BCUT2D eigenvalue weighted by atomic mass is 9.96. The summed E-state index contributed by atoms with van der Waals surface area (Å²) in [6.07, 6.45) is 2.07. The summed E-state index contributed by atoms with van der Waals surface area (Å²) in [6, 6.07) is 5.19. The Morgan fingerprint density at radius 3 is 2.60 bits per heavy atom. The largest absolute Gasteiger partial charge is 0.398 e. The highest BCUT2D eigenvalue weighted by Gasteiger charge is 2.26. The minimum absolute atomic E-state index is 0.0450. The Labute approximate surface area is 125 Å². The standard InChI is InChI=1S/C15H22ClN3O/c1-18(2)10-11-6-8-19(9-7-11)15(20)14-12(16)4-3-5-13(14)17/h3-5,11H,6-10,17H2,1-2H3. The maximum absolute atomic E-state index is 12.5. The second-order valence-corrected chi connectivity index (χ2v) is 6.11. The molecule has 1 amide bonds. The summed E-state index contributed by atoms with van der Waals surface area (Å²) in [7, 11) is 4.17. The quantitative estimate of drug-likeness (QED) is 0.871. The molecule has 4 nitrogen and oxygen atoms in total. The highest BCUT2D eigenvalue weighted by molar-refractivity contribution is 6.34. The molecule has 1 aliphatic heterocycles. The summed E-state index contributed by atoms with van der Waals surface area (Å²) in [5.74, 6) is 0.619. The van der Waals surface area contributed by atoms with Gasteiger partial charge in [-0.2, -0.15) is 0 Å². The summed E-state index contributed by atoms with van der Waals surface area (Å²) in [5, 5.41) is 0.436. The smallest absolute Gasteiger partial charge is 0.257 e. The summed E-state index contributed by atoms with van der Waals surface area (Å²) in [5.41, 5.74) is 6.78. The molecule has 1 heterocycles. The van der Waals surface area contributed by atoms with Gasteiger partial charge in [0.2, 0.25) is 0 Å². The molecule has 0 radical (unpaired) electrons. The molecule has 1 aromatic rings. The number of rotatable bonds is 3. The number of nitrogens with two attached hydrogens (primary N) is 1. The Morgan fingerprint density at radius 2 is 2.05 bits per heavy atom. The van der Waals surface area contributed by atoms with Gasteiger partial charge < -0.3 is 15.5 Å². The van der Waals surface area contributed by atoms with Gasteiger partial charge in [-0.05, 0) is 45.0 Å². The molecule has 0 atom stereocenters. The first-order valence-electron chi connectivity index (χ1n) is 6.97. The number of benzene rings is 1. The van der Waals surface area contributed by atoms with E-state index in [4.69, 9.17) is 17.3 Å². The van der Waals surface area contributed by atoms with Gasteiger partial charge in [0.15, 0.2) is 0 Å². The predicted molar refractivity (Wildman–Crippen MR) is 83.0 cm³/mol. The van der Waals surface area contributed by atoms with E-state index in [9.17, 15) is 4.79 Å². The number of hydrogen-bond donors (Lipinski definition) is 1. The summed E-state index contributed by atoms with van der Waals surface area (Å²) >= 11 is 6.11. The van der Waals surface area contributed by atoms with Gasteiger partial charge in [0, 0.05) is 25.3 Å². The number of hydrogen-bond acceptors (Lipinski definition) is 3. The van der Waals surface area contributed by atoms with E-state index in [-0.39, 0.29) is 5.91 Å². The zero-order chi connectivity index (χ0) is 14.7. The second-order valence-electron chi connectivity index (χ2n) is 5.70. The lowest BCUT2D eigenvalue weighted by Gasteiger charge is -2.33. The Morgan fingerprint density at radius 1 is 1.40 bits per heavy atom. The lowest BCUT2D eigenvalue weighted by molar-refractivity contribution is 0.0679. The summed E-state index contributed by atoms with van der Waals surface area (Å²) in [4.78, 5) is 16.6. The number of likely N-dealkylation sites (tertiary alicyclic amines) is 1. The van der Waals surface area contributed by atoms with Crippen molar-refractivity contribution in [3.05, 3.63) is 28.8 Å². The predicted octanol–water partition coefficient (Wildman–Crippen LogP) is 2.34. The fourth-order valence-corrected chi connectivity index (χ4v) is 3.02. The minimum atomic E-state index is -0.0450. The molecule has 0 aliphatic carbocycles. The van der Waals surface area contributed by atoms with Gasteiger partial charge in [0.25, 0.3) is 5.91 Å². The van der Waals surface area contributed by atoms with Crippen LogP contribution in [0.25, 0.3) is 0 Å². The molecule has 2 N–H and O–H groups in total. The first-order valence-corrected chi connectivity index (χ1v) is 7.35. The molecule has 2 rings (SSSR count). The van der Waals surface area contributed by atoms with Gasteiger partial charge in [-0.1, -0.05) is 17.7 Å². The molecular weight excluding hydrogens is 274 g/mol. The monoisotopic (exact) mass is 295 g/mol. The van der Waals surface area contributed by atoms with Crippen molar-refractivity contribution in [1.29, 1.82) is 0 Å². The second kappa shape index (κ2) is 6.46. The van der Waals surface area contributed by atoms with Crippen LogP contribution in [0.15, 0.2) is 18.2 Å². The van der Waals surface area contributed by atoms with Crippen LogP contribution in [-0.2, 0) is 0 Å². The number of carbonyl (C=O) groups is 1. The van der Waals surface area contributed by atoms with Crippen molar-refractivity contribution in [3.8, 4) is 0 Å². The van der Waals surface area contributed by atoms with Crippen molar-refractivity contribution < 1.29 is 4.79 Å². The van der Waals surface area contributed by atoms with E-state index in [1.165, 1.54) is 0 Å². The van der Waals surface area contributed by atoms with Gasteiger partial charge in [-0.3, -0.25) is 4.79 Å². The highest BCUT2D eigenvalue weighted by atomic mass is 35.5. The van der Waals surface area contributed by atoms with Crippen LogP contribution in [-0.4, -0.2) is 49.4 Å². The number of piperidine rings is 1. The SMILES string of the molecule is CN(C)CC1CCN(C(=O)c2c(N)cccc2Cl)CC1. The molecule has 110 valence electrons. The van der Waals surface area contributed by atoms with E-state index in [0.717, 1.165) is 32.5 Å². The molecule has 1 aromatic carbocycles. The van der Waals surface area contributed by atoms with Crippen molar-refractivity contribution in [1.82, 2.24) is 9.80 Å². The van der Waals surface area contributed by atoms with Crippen molar-refractivity contribution >= 4 is 23.2 Å². The topological polar surface area (TPSA) is 49.6 Å². The normalized spacial score (nSPS) is 16.7. The Balaban J connectivity index is 2.02.